The normalized spacial score (nSPS) is 17.2. The number of aromatic nitrogens is 3. The number of hydrogen-bond donors (Lipinski definition) is 2. The van der Waals surface area contributed by atoms with Crippen LogP contribution in [0.2, 0.25) is 10.0 Å². The number of methoxy groups -OCH3 is 2. The number of pyridine rings is 1. The molecule has 1 aliphatic heterocycles. The Bertz CT molecular complexity index is 1400. The largest absolute Gasteiger partial charge is 0.495 e. The van der Waals surface area contributed by atoms with Gasteiger partial charge in [-0.3, -0.25) is 14.2 Å². The van der Waals surface area contributed by atoms with Crippen LogP contribution in [0.25, 0.3) is 22.2 Å². The number of fused-ring (bicyclic) bond motifs is 1. The summed E-state index contributed by atoms with van der Waals surface area (Å²) in [4.78, 5) is 34.6. The number of ether oxygens (including phenoxy) is 3. The summed E-state index contributed by atoms with van der Waals surface area (Å²) in [5.41, 5.74) is 0.640. The Morgan fingerprint density at radius 3 is 2.43 bits per heavy atom. The Labute approximate surface area is 223 Å². The van der Waals surface area contributed by atoms with Gasteiger partial charge in [0.1, 0.15) is 17.1 Å². The van der Waals surface area contributed by atoms with Crippen LogP contribution in [-0.4, -0.2) is 60.0 Å². The van der Waals surface area contributed by atoms with Gasteiger partial charge >= 0.3 is 0 Å². The minimum Gasteiger partial charge on any atom is -0.495 e. The third kappa shape index (κ3) is 5.09. The zero-order valence-electron chi connectivity index (χ0n) is 20.8. The topological polar surface area (TPSA) is 117 Å². The number of halogens is 2. The van der Waals surface area contributed by atoms with E-state index in [0.29, 0.717) is 47.3 Å². The van der Waals surface area contributed by atoms with Crippen molar-refractivity contribution in [3.63, 3.8) is 0 Å². The number of benzene rings is 1. The fourth-order valence-electron chi connectivity index (χ4n) is 4.22. The molecule has 0 radical (unpaired) electrons. The van der Waals surface area contributed by atoms with Gasteiger partial charge in [-0.05, 0) is 26.0 Å². The van der Waals surface area contributed by atoms with Crippen LogP contribution < -0.4 is 25.7 Å². The quantitative estimate of drug-likeness (QED) is 0.408. The highest BCUT2D eigenvalue weighted by Gasteiger charge is 2.30. The van der Waals surface area contributed by atoms with Gasteiger partial charge < -0.3 is 24.8 Å². The molecule has 4 rings (SSSR count). The standard InChI is InChI=1S/C25H27Cl2N5O5/c1-6-19(33)29-15-10-37-11-16(15)30-25-28-9-13-7-14(24(34)32(12(2)3)23(13)31-25)20-21(26)17(35-4)8-18(36-5)22(20)27/h6-9,12,15-16H,1,10-11H2,2-5H3,(H,29,33)(H,28,30,31). The Hall–Kier alpha value is -3.34. The van der Waals surface area contributed by atoms with Gasteiger partial charge in [0.15, 0.2) is 0 Å². The first kappa shape index (κ1) is 26.7. The van der Waals surface area contributed by atoms with E-state index < -0.39 is 0 Å². The summed E-state index contributed by atoms with van der Waals surface area (Å²) < 4.78 is 17.8. The van der Waals surface area contributed by atoms with E-state index in [4.69, 9.17) is 37.4 Å². The van der Waals surface area contributed by atoms with Crippen LogP contribution in [0.4, 0.5) is 5.95 Å². The molecule has 196 valence electrons. The lowest BCUT2D eigenvalue weighted by atomic mass is 10.0. The Kier molecular flexibility index (Phi) is 7.91. The van der Waals surface area contributed by atoms with E-state index in [9.17, 15) is 9.59 Å². The molecule has 2 unspecified atom stereocenters. The van der Waals surface area contributed by atoms with E-state index in [-0.39, 0.29) is 45.2 Å². The van der Waals surface area contributed by atoms with Crippen LogP contribution in [0.15, 0.2) is 35.8 Å². The molecule has 3 aromatic rings. The summed E-state index contributed by atoms with van der Waals surface area (Å²) in [7, 11) is 2.94. The molecule has 0 bridgehead atoms. The van der Waals surface area contributed by atoms with Crippen LogP contribution >= 0.6 is 23.2 Å². The Balaban J connectivity index is 1.83. The van der Waals surface area contributed by atoms with Gasteiger partial charge in [0.2, 0.25) is 11.9 Å². The maximum Gasteiger partial charge on any atom is 0.260 e. The molecule has 3 heterocycles. The predicted molar refractivity (Wildman–Crippen MR) is 143 cm³/mol. The predicted octanol–water partition coefficient (Wildman–Crippen LogP) is 3.84. The summed E-state index contributed by atoms with van der Waals surface area (Å²) in [6.07, 6.45) is 2.82. The number of nitrogens with one attached hydrogen (secondary N) is 2. The summed E-state index contributed by atoms with van der Waals surface area (Å²) >= 11 is 13.2. The summed E-state index contributed by atoms with van der Waals surface area (Å²) in [5.74, 6) is 0.637. The molecule has 1 fully saturated rings. The average Bonchev–Trinajstić information content (AvgIpc) is 3.30. The Morgan fingerprint density at radius 1 is 1.19 bits per heavy atom. The van der Waals surface area contributed by atoms with Gasteiger partial charge in [0, 0.05) is 29.3 Å². The zero-order chi connectivity index (χ0) is 26.9. The van der Waals surface area contributed by atoms with Crippen LogP contribution in [-0.2, 0) is 9.53 Å². The van der Waals surface area contributed by atoms with Gasteiger partial charge in [0.05, 0.1) is 55.1 Å². The highest BCUT2D eigenvalue weighted by atomic mass is 35.5. The Morgan fingerprint density at radius 2 is 1.84 bits per heavy atom. The number of carbonyl (C=O) groups is 1. The molecule has 1 amide bonds. The van der Waals surface area contributed by atoms with Gasteiger partial charge in [-0.1, -0.05) is 29.8 Å². The molecule has 10 nitrogen and oxygen atoms in total. The minimum atomic E-state index is -0.341. The molecule has 0 spiro atoms. The number of nitrogens with zero attached hydrogens (tertiary/aromatic N) is 3. The highest BCUT2D eigenvalue weighted by Crippen LogP contribution is 2.45. The first-order valence-corrected chi connectivity index (χ1v) is 12.3. The minimum absolute atomic E-state index is 0.188. The van der Waals surface area contributed by atoms with Crippen LogP contribution in [0.3, 0.4) is 0 Å². The smallest absolute Gasteiger partial charge is 0.260 e. The molecule has 1 saturated heterocycles. The van der Waals surface area contributed by atoms with Crippen molar-refractivity contribution >= 4 is 46.1 Å². The molecule has 2 atom stereocenters. The van der Waals surface area contributed by atoms with Crippen molar-refractivity contribution in [3.05, 3.63) is 51.4 Å². The number of rotatable bonds is 8. The van der Waals surface area contributed by atoms with Gasteiger partial charge in [-0.2, -0.15) is 4.98 Å². The van der Waals surface area contributed by atoms with Gasteiger partial charge in [0.25, 0.3) is 5.56 Å². The molecular weight excluding hydrogens is 521 g/mol. The first-order chi connectivity index (χ1) is 17.7. The van der Waals surface area contributed by atoms with Crippen LogP contribution in [0.1, 0.15) is 19.9 Å². The van der Waals surface area contributed by atoms with E-state index in [1.165, 1.54) is 20.3 Å². The molecule has 1 aromatic carbocycles. The first-order valence-electron chi connectivity index (χ1n) is 11.5. The van der Waals surface area contributed by atoms with Crippen molar-refractivity contribution in [2.75, 3.05) is 32.8 Å². The lowest BCUT2D eigenvalue weighted by Gasteiger charge is -2.21. The van der Waals surface area contributed by atoms with E-state index >= 15 is 0 Å². The molecule has 12 heteroatoms. The van der Waals surface area contributed by atoms with Crippen molar-refractivity contribution in [2.45, 2.75) is 32.0 Å². The fraction of sp³-hybridized carbons (Fsp3) is 0.360. The highest BCUT2D eigenvalue weighted by molar-refractivity contribution is 6.41. The monoisotopic (exact) mass is 547 g/mol. The maximum atomic E-state index is 13.8. The van der Waals surface area contributed by atoms with Crippen LogP contribution in [0.5, 0.6) is 11.5 Å². The molecular formula is C25H27Cl2N5O5. The average molecular weight is 548 g/mol. The van der Waals surface area contributed by atoms with Gasteiger partial charge in [-0.25, -0.2) is 4.98 Å². The molecule has 0 saturated carbocycles. The second kappa shape index (κ2) is 11.0. The lowest BCUT2D eigenvalue weighted by molar-refractivity contribution is -0.117. The van der Waals surface area contributed by atoms with Crippen molar-refractivity contribution in [1.82, 2.24) is 19.9 Å². The third-order valence-electron chi connectivity index (χ3n) is 6.04. The fourth-order valence-corrected chi connectivity index (χ4v) is 4.92. The van der Waals surface area contributed by atoms with E-state index in [0.717, 1.165) is 0 Å². The summed E-state index contributed by atoms with van der Waals surface area (Å²) in [6, 6.07) is 2.41. The zero-order valence-corrected chi connectivity index (χ0v) is 22.3. The van der Waals surface area contributed by atoms with E-state index in [1.807, 2.05) is 13.8 Å². The molecule has 2 aromatic heterocycles. The van der Waals surface area contributed by atoms with Crippen molar-refractivity contribution in [2.24, 2.45) is 0 Å². The van der Waals surface area contributed by atoms with Crippen LogP contribution in [0, 0.1) is 0 Å². The summed E-state index contributed by atoms with van der Waals surface area (Å²) in [5, 5.41) is 7.01. The number of anilines is 1. The van der Waals surface area contributed by atoms with E-state index in [2.05, 4.69) is 27.2 Å². The third-order valence-corrected chi connectivity index (χ3v) is 6.79. The molecule has 0 aliphatic carbocycles. The molecule has 37 heavy (non-hydrogen) atoms. The number of amides is 1. The van der Waals surface area contributed by atoms with E-state index in [1.54, 1.807) is 22.9 Å². The second-order valence-corrected chi connectivity index (χ2v) is 9.45. The maximum absolute atomic E-state index is 13.8. The number of carbonyl (C=O) groups excluding carboxylic acids is 1. The van der Waals surface area contributed by atoms with Gasteiger partial charge in [-0.15, -0.1) is 0 Å². The van der Waals surface area contributed by atoms with Crippen molar-refractivity contribution in [1.29, 1.82) is 0 Å². The van der Waals surface area contributed by atoms with Crippen molar-refractivity contribution in [3.8, 4) is 22.6 Å². The SMILES string of the molecule is C=CC(=O)NC1COCC1Nc1ncc2cc(-c3c(Cl)c(OC)cc(OC)c3Cl)c(=O)n(C(C)C)c2n1. The lowest BCUT2D eigenvalue weighted by Crippen LogP contribution is -2.45. The second-order valence-electron chi connectivity index (χ2n) is 8.69. The summed E-state index contributed by atoms with van der Waals surface area (Å²) in [6.45, 7) is 7.93. The molecule has 1 aliphatic rings. The molecule has 2 N–H and O–H groups in total. The van der Waals surface area contributed by atoms with Crippen molar-refractivity contribution < 1.29 is 19.0 Å². The number of hydrogen-bond acceptors (Lipinski definition) is 8.